The molecule has 0 N–H and O–H groups in total. The Hall–Kier alpha value is -1.35. The molecule has 2 nitrogen and oxygen atoms in total. The number of carbonyl (C=O) groups is 1. The molecule has 15 heavy (non-hydrogen) atoms. The highest BCUT2D eigenvalue weighted by atomic mass is 32.1. The van der Waals surface area contributed by atoms with Crippen molar-refractivity contribution in [2.45, 2.75) is 6.42 Å². The predicted octanol–water partition coefficient (Wildman–Crippen LogP) is 2.75. The van der Waals surface area contributed by atoms with Crippen LogP contribution in [0.4, 0.5) is 0 Å². The van der Waals surface area contributed by atoms with Crippen LogP contribution < -0.4 is 0 Å². The molecule has 0 unspecified atom stereocenters. The molecule has 1 amide bonds. The second-order valence-corrected chi connectivity index (χ2v) is 4.88. The van der Waals surface area contributed by atoms with Crippen LogP contribution in [0.25, 0.3) is 10.1 Å². The molecule has 0 spiro atoms. The fourth-order valence-electron chi connectivity index (χ4n) is 1.76. The zero-order chi connectivity index (χ0) is 10.3. The molecule has 76 valence electrons. The van der Waals surface area contributed by atoms with Gasteiger partial charge in [0.25, 0.3) is 5.91 Å². The first-order chi connectivity index (χ1) is 7.34. The van der Waals surface area contributed by atoms with Gasteiger partial charge in [-0.25, -0.2) is 0 Å². The van der Waals surface area contributed by atoms with E-state index < -0.39 is 0 Å². The van der Waals surface area contributed by atoms with Crippen molar-refractivity contribution in [3.63, 3.8) is 0 Å². The first-order valence-corrected chi connectivity index (χ1v) is 5.94. The zero-order valence-corrected chi connectivity index (χ0v) is 9.09. The third-order valence-electron chi connectivity index (χ3n) is 2.78. The Morgan fingerprint density at radius 3 is 2.73 bits per heavy atom. The van der Waals surface area contributed by atoms with E-state index in [1.165, 1.54) is 10.1 Å². The Kier molecular flexibility index (Phi) is 1.99. The van der Waals surface area contributed by atoms with Gasteiger partial charge >= 0.3 is 0 Å². The number of fused-ring (bicyclic) bond motifs is 1. The third-order valence-corrected chi connectivity index (χ3v) is 3.88. The number of hydrogen-bond donors (Lipinski definition) is 0. The Labute approximate surface area is 92.1 Å². The Morgan fingerprint density at radius 2 is 2.07 bits per heavy atom. The molecular weight excluding hydrogens is 206 g/mol. The molecule has 0 bridgehead atoms. The first-order valence-electron chi connectivity index (χ1n) is 5.12. The van der Waals surface area contributed by atoms with Crippen LogP contribution in [-0.2, 0) is 0 Å². The lowest BCUT2D eigenvalue weighted by atomic mass is 10.2. The summed E-state index contributed by atoms with van der Waals surface area (Å²) in [5.41, 5.74) is 0. The quantitative estimate of drug-likeness (QED) is 0.719. The van der Waals surface area contributed by atoms with E-state index in [2.05, 4.69) is 12.1 Å². The second kappa shape index (κ2) is 3.35. The molecule has 1 saturated heterocycles. The van der Waals surface area contributed by atoms with Crippen LogP contribution in [0, 0.1) is 0 Å². The highest BCUT2D eigenvalue weighted by Crippen LogP contribution is 2.27. The molecule has 3 heteroatoms. The van der Waals surface area contributed by atoms with E-state index in [0.29, 0.717) is 0 Å². The fourth-order valence-corrected chi connectivity index (χ4v) is 2.79. The molecule has 0 atom stereocenters. The number of benzene rings is 1. The Balaban J connectivity index is 2.00. The normalized spacial score (nSPS) is 15.3. The maximum Gasteiger partial charge on any atom is 0.263 e. The van der Waals surface area contributed by atoms with E-state index in [-0.39, 0.29) is 5.91 Å². The fraction of sp³-hybridized carbons (Fsp3) is 0.250. The van der Waals surface area contributed by atoms with E-state index >= 15 is 0 Å². The summed E-state index contributed by atoms with van der Waals surface area (Å²) in [5, 5.41) is 1.17. The van der Waals surface area contributed by atoms with Crippen LogP contribution in [0.3, 0.4) is 0 Å². The maximum absolute atomic E-state index is 11.9. The molecule has 1 aromatic carbocycles. The van der Waals surface area contributed by atoms with Crippen molar-refractivity contribution in [2.75, 3.05) is 13.1 Å². The van der Waals surface area contributed by atoms with Crippen LogP contribution in [0.2, 0.25) is 0 Å². The molecule has 0 saturated carbocycles. The van der Waals surface area contributed by atoms with E-state index in [1.54, 1.807) is 11.3 Å². The van der Waals surface area contributed by atoms with Crippen molar-refractivity contribution in [1.29, 1.82) is 0 Å². The van der Waals surface area contributed by atoms with Gasteiger partial charge in [0.1, 0.15) is 0 Å². The van der Waals surface area contributed by atoms with Crippen molar-refractivity contribution in [3.8, 4) is 0 Å². The van der Waals surface area contributed by atoms with Gasteiger partial charge in [-0.3, -0.25) is 4.79 Å². The summed E-state index contributed by atoms with van der Waals surface area (Å²) in [4.78, 5) is 14.7. The average molecular weight is 217 g/mol. The lowest BCUT2D eigenvalue weighted by Gasteiger charge is -2.30. The van der Waals surface area contributed by atoms with E-state index in [4.69, 9.17) is 0 Å². The summed E-state index contributed by atoms with van der Waals surface area (Å²) in [7, 11) is 0. The number of hydrogen-bond acceptors (Lipinski definition) is 2. The van der Waals surface area contributed by atoms with Gasteiger partial charge in [-0.2, -0.15) is 0 Å². The Morgan fingerprint density at radius 1 is 1.27 bits per heavy atom. The van der Waals surface area contributed by atoms with Gasteiger partial charge in [-0.1, -0.05) is 18.2 Å². The molecule has 1 aliphatic heterocycles. The number of carbonyl (C=O) groups excluding carboxylic acids is 1. The van der Waals surface area contributed by atoms with Gasteiger partial charge in [-0.15, -0.1) is 11.3 Å². The standard InChI is InChI=1S/C12H11NOS/c14-12(13-6-3-7-13)11-8-9-4-1-2-5-10(9)15-11/h1-2,4-5,8H,3,6-7H2. The van der Waals surface area contributed by atoms with Crippen molar-refractivity contribution in [3.05, 3.63) is 35.2 Å². The summed E-state index contributed by atoms with van der Waals surface area (Å²) in [6, 6.07) is 10.1. The maximum atomic E-state index is 11.9. The smallest absolute Gasteiger partial charge is 0.263 e. The summed E-state index contributed by atoms with van der Waals surface area (Å²) in [6.07, 6.45) is 1.15. The summed E-state index contributed by atoms with van der Waals surface area (Å²) < 4.78 is 1.20. The monoisotopic (exact) mass is 217 g/mol. The lowest BCUT2D eigenvalue weighted by molar-refractivity contribution is 0.0657. The predicted molar refractivity (Wildman–Crippen MR) is 62.3 cm³/mol. The van der Waals surface area contributed by atoms with Gasteiger partial charge in [-0.05, 0) is 23.9 Å². The molecule has 1 aromatic heterocycles. The van der Waals surface area contributed by atoms with Crippen LogP contribution >= 0.6 is 11.3 Å². The summed E-state index contributed by atoms with van der Waals surface area (Å²) in [5.74, 6) is 0.197. The topological polar surface area (TPSA) is 20.3 Å². The molecule has 2 aromatic rings. The second-order valence-electron chi connectivity index (χ2n) is 3.79. The largest absolute Gasteiger partial charge is 0.338 e. The number of amides is 1. The highest BCUT2D eigenvalue weighted by Gasteiger charge is 2.22. The van der Waals surface area contributed by atoms with Crippen molar-refractivity contribution < 1.29 is 4.79 Å². The number of rotatable bonds is 1. The van der Waals surface area contributed by atoms with Gasteiger partial charge in [0, 0.05) is 17.8 Å². The van der Waals surface area contributed by atoms with Crippen molar-refractivity contribution in [2.24, 2.45) is 0 Å². The van der Waals surface area contributed by atoms with Crippen molar-refractivity contribution in [1.82, 2.24) is 4.90 Å². The average Bonchev–Trinajstić information content (AvgIpc) is 2.58. The third kappa shape index (κ3) is 1.43. The number of thiophene rings is 1. The molecule has 3 rings (SSSR count). The van der Waals surface area contributed by atoms with Gasteiger partial charge < -0.3 is 4.90 Å². The Bertz CT molecular complexity index is 480. The lowest BCUT2D eigenvalue weighted by Crippen LogP contribution is -2.41. The van der Waals surface area contributed by atoms with Gasteiger partial charge in [0.15, 0.2) is 0 Å². The van der Waals surface area contributed by atoms with Crippen LogP contribution in [-0.4, -0.2) is 23.9 Å². The highest BCUT2D eigenvalue weighted by molar-refractivity contribution is 7.20. The van der Waals surface area contributed by atoms with Gasteiger partial charge in [0.2, 0.25) is 0 Å². The summed E-state index contributed by atoms with van der Waals surface area (Å²) in [6.45, 7) is 1.85. The van der Waals surface area contributed by atoms with Crippen LogP contribution in [0.5, 0.6) is 0 Å². The molecule has 2 heterocycles. The minimum absolute atomic E-state index is 0.197. The van der Waals surface area contributed by atoms with Crippen molar-refractivity contribution >= 4 is 27.3 Å². The minimum atomic E-state index is 0.197. The van der Waals surface area contributed by atoms with Crippen LogP contribution in [0.1, 0.15) is 16.1 Å². The molecule has 1 aliphatic rings. The molecule has 0 aliphatic carbocycles. The van der Waals surface area contributed by atoms with Gasteiger partial charge in [0.05, 0.1) is 4.88 Å². The summed E-state index contributed by atoms with van der Waals surface area (Å²) >= 11 is 1.59. The van der Waals surface area contributed by atoms with E-state index in [0.717, 1.165) is 24.4 Å². The molecular formula is C12H11NOS. The number of likely N-dealkylation sites (tertiary alicyclic amines) is 1. The molecule has 0 radical (unpaired) electrons. The van der Waals surface area contributed by atoms with E-state index in [1.807, 2.05) is 23.1 Å². The zero-order valence-electron chi connectivity index (χ0n) is 8.27. The van der Waals surface area contributed by atoms with E-state index in [9.17, 15) is 4.79 Å². The first kappa shape index (κ1) is 8.92. The molecule has 1 fully saturated rings. The SMILES string of the molecule is O=C(c1cc2ccccc2s1)N1CCC1. The minimum Gasteiger partial charge on any atom is -0.338 e. The number of nitrogens with zero attached hydrogens (tertiary/aromatic N) is 1. The van der Waals surface area contributed by atoms with Crippen LogP contribution in [0.15, 0.2) is 30.3 Å².